The smallest absolute Gasteiger partial charge is 0.240 e. The summed E-state index contributed by atoms with van der Waals surface area (Å²) in [6.45, 7) is 2.14. The zero-order chi connectivity index (χ0) is 14.1. The van der Waals surface area contributed by atoms with Gasteiger partial charge in [0.05, 0.1) is 16.3 Å². The van der Waals surface area contributed by atoms with Crippen LogP contribution < -0.4 is 5.43 Å². The Kier molecular flexibility index (Phi) is 7.53. The van der Waals surface area contributed by atoms with Crippen LogP contribution in [0.2, 0.25) is 10.0 Å². The minimum absolute atomic E-state index is 0.0626. The predicted octanol–water partition coefficient (Wildman–Crippen LogP) is 4.41. The Morgan fingerprint density at radius 3 is 2.74 bits per heavy atom. The van der Waals surface area contributed by atoms with Gasteiger partial charge in [0.25, 0.3) is 0 Å². The molecule has 0 saturated carbocycles. The maximum absolute atomic E-state index is 11.4. The lowest BCUT2D eigenvalue weighted by atomic mass is 10.1. The first kappa shape index (κ1) is 16.0. The average Bonchev–Trinajstić information content (AvgIpc) is 2.39. The lowest BCUT2D eigenvalue weighted by molar-refractivity contribution is -0.121. The minimum atomic E-state index is -0.0626. The summed E-state index contributed by atoms with van der Waals surface area (Å²) in [5.74, 6) is -0.0626. The molecule has 1 aromatic rings. The van der Waals surface area contributed by atoms with Gasteiger partial charge in [0, 0.05) is 6.42 Å². The van der Waals surface area contributed by atoms with Crippen LogP contribution in [0.5, 0.6) is 0 Å². The van der Waals surface area contributed by atoms with Crippen LogP contribution in [0.15, 0.2) is 23.3 Å². The van der Waals surface area contributed by atoms with Gasteiger partial charge in [0.2, 0.25) is 5.91 Å². The summed E-state index contributed by atoms with van der Waals surface area (Å²) in [4.78, 5) is 11.4. The predicted molar refractivity (Wildman–Crippen MR) is 81.0 cm³/mol. The van der Waals surface area contributed by atoms with Gasteiger partial charge in [-0.05, 0) is 24.1 Å². The van der Waals surface area contributed by atoms with E-state index in [1.807, 2.05) is 0 Å². The van der Waals surface area contributed by atoms with E-state index in [9.17, 15) is 4.79 Å². The number of amides is 1. The highest BCUT2D eigenvalue weighted by Crippen LogP contribution is 2.21. The highest BCUT2D eigenvalue weighted by Gasteiger charge is 1.99. The zero-order valence-electron chi connectivity index (χ0n) is 11.0. The van der Waals surface area contributed by atoms with Crippen molar-refractivity contribution in [2.45, 2.75) is 39.0 Å². The van der Waals surface area contributed by atoms with Crippen molar-refractivity contribution < 1.29 is 4.79 Å². The second-order valence-electron chi connectivity index (χ2n) is 4.28. The molecule has 104 valence electrons. The number of carbonyl (C=O) groups excluding carboxylic acids is 1. The van der Waals surface area contributed by atoms with Gasteiger partial charge in [-0.15, -0.1) is 0 Å². The molecule has 0 aliphatic heterocycles. The van der Waals surface area contributed by atoms with Crippen molar-refractivity contribution in [3.8, 4) is 0 Å². The van der Waals surface area contributed by atoms with E-state index in [2.05, 4.69) is 17.5 Å². The zero-order valence-corrected chi connectivity index (χ0v) is 12.5. The molecule has 0 unspecified atom stereocenters. The summed E-state index contributed by atoms with van der Waals surface area (Å²) in [7, 11) is 0. The van der Waals surface area contributed by atoms with Gasteiger partial charge in [0.15, 0.2) is 0 Å². The first-order valence-electron chi connectivity index (χ1n) is 6.40. The molecule has 0 bridgehead atoms. The third-order valence-corrected chi connectivity index (χ3v) is 3.34. The van der Waals surface area contributed by atoms with Crippen molar-refractivity contribution in [3.63, 3.8) is 0 Å². The molecule has 0 aliphatic rings. The number of carbonyl (C=O) groups is 1. The normalized spacial score (nSPS) is 10.9. The summed E-state index contributed by atoms with van der Waals surface area (Å²) in [6.07, 6.45) is 6.38. The molecule has 1 amide bonds. The second kappa shape index (κ2) is 8.94. The van der Waals surface area contributed by atoms with Gasteiger partial charge in [-0.3, -0.25) is 4.79 Å². The SMILES string of the molecule is CCCCCCC(=O)N/N=C/c1ccc(Cl)c(Cl)c1. The number of rotatable bonds is 7. The van der Waals surface area contributed by atoms with E-state index >= 15 is 0 Å². The summed E-state index contributed by atoms with van der Waals surface area (Å²) >= 11 is 11.7. The number of nitrogens with one attached hydrogen (secondary N) is 1. The van der Waals surface area contributed by atoms with E-state index in [-0.39, 0.29) is 5.91 Å². The lowest BCUT2D eigenvalue weighted by Crippen LogP contribution is -2.16. The summed E-state index contributed by atoms with van der Waals surface area (Å²) < 4.78 is 0. The Labute approximate surface area is 124 Å². The van der Waals surface area contributed by atoms with Crippen LogP contribution in [0, 0.1) is 0 Å². The molecule has 0 aromatic heterocycles. The van der Waals surface area contributed by atoms with E-state index in [4.69, 9.17) is 23.2 Å². The number of hydrogen-bond acceptors (Lipinski definition) is 2. The first-order valence-corrected chi connectivity index (χ1v) is 7.16. The molecule has 0 aliphatic carbocycles. The van der Waals surface area contributed by atoms with Crippen molar-refractivity contribution >= 4 is 35.3 Å². The number of unbranched alkanes of at least 4 members (excludes halogenated alkanes) is 3. The quantitative estimate of drug-likeness (QED) is 0.452. The third kappa shape index (κ3) is 6.60. The van der Waals surface area contributed by atoms with Gasteiger partial charge >= 0.3 is 0 Å². The molecular weight excluding hydrogens is 283 g/mol. The molecule has 0 heterocycles. The summed E-state index contributed by atoms with van der Waals surface area (Å²) in [6, 6.07) is 5.17. The molecular formula is C14H18Cl2N2O. The van der Waals surface area contributed by atoms with Crippen molar-refractivity contribution in [2.24, 2.45) is 5.10 Å². The van der Waals surface area contributed by atoms with Gasteiger partial charge in [0.1, 0.15) is 0 Å². The van der Waals surface area contributed by atoms with Gasteiger partial charge in [-0.2, -0.15) is 5.10 Å². The Hall–Kier alpha value is -1.06. The lowest BCUT2D eigenvalue weighted by Gasteiger charge is -2.00. The van der Waals surface area contributed by atoms with E-state index in [0.29, 0.717) is 16.5 Å². The number of halogens is 2. The van der Waals surface area contributed by atoms with Crippen LogP contribution in [0.1, 0.15) is 44.6 Å². The van der Waals surface area contributed by atoms with Crippen molar-refractivity contribution in [1.29, 1.82) is 0 Å². The molecule has 0 radical (unpaired) electrons. The number of nitrogens with zero attached hydrogens (tertiary/aromatic N) is 1. The van der Waals surface area contributed by atoms with E-state index in [1.165, 1.54) is 6.42 Å². The summed E-state index contributed by atoms with van der Waals surface area (Å²) in [5.41, 5.74) is 3.29. The first-order chi connectivity index (χ1) is 9.13. The fraction of sp³-hybridized carbons (Fsp3) is 0.429. The molecule has 0 saturated heterocycles. The molecule has 1 rings (SSSR count). The maximum Gasteiger partial charge on any atom is 0.240 e. The standard InChI is InChI=1S/C14H18Cl2N2O/c1-2-3-4-5-6-14(19)18-17-10-11-7-8-12(15)13(16)9-11/h7-10H,2-6H2,1H3,(H,18,19)/b17-10+. The molecule has 1 N–H and O–H groups in total. The van der Waals surface area contributed by atoms with Gasteiger partial charge < -0.3 is 0 Å². The van der Waals surface area contributed by atoms with Crippen LogP contribution in [-0.2, 0) is 4.79 Å². The fourth-order valence-electron chi connectivity index (χ4n) is 1.54. The van der Waals surface area contributed by atoms with E-state index < -0.39 is 0 Å². The van der Waals surface area contributed by atoms with Crippen LogP contribution in [0.4, 0.5) is 0 Å². The largest absolute Gasteiger partial charge is 0.273 e. The molecule has 0 atom stereocenters. The minimum Gasteiger partial charge on any atom is -0.273 e. The van der Waals surface area contributed by atoms with Gasteiger partial charge in [-0.25, -0.2) is 5.43 Å². The number of hydrogen-bond donors (Lipinski definition) is 1. The van der Waals surface area contributed by atoms with Crippen molar-refractivity contribution in [1.82, 2.24) is 5.43 Å². The van der Waals surface area contributed by atoms with Crippen LogP contribution in [-0.4, -0.2) is 12.1 Å². The monoisotopic (exact) mass is 300 g/mol. The number of hydrazone groups is 1. The topological polar surface area (TPSA) is 41.5 Å². The van der Waals surface area contributed by atoms with Crippen LogP contribution in [0.25, 0.3) is 0 Å². The van der Waals surface area contributed by atoms with Crippen LogP contribution in [0.3, 0.4) is 0 Å². The average molecular weight is 301 g/mol. The van der Waals surface area contributed by atoms with E-state index in [0.717, 1.165) is 24.8 Å². The molecule has 0 spiro atoms. The van der Waals surface area contributed by atoms with E-state index in [1.54, 1.807) is 24.4 Å². The molecule has 19 heavy (non-hydrogen) atoms. The Morgan fingerprint density at radius 2 is 2.05 bits per heavy atom. The fourth-order valence-corrected chi connectivity index (χ4v) is 1.85. The molecule has 5 heteroatoms. The van der Waals surface area contributed by atoms with Crippen molar-refractivity contribution in [2.75, 3.05) is 0 Å². The highest BCUT2D eigenvalue weighted by molar-refractivity contribution is 6.42. The van der Waals surface area contributed by atoms with Gasteiger partial charge in [-0.1, -0.05) is 55.5 Å². The third-order valence-electron chi connectivity index (χ3n) is 2.60. The second-order valence-corrected chi connectivity index (χ2v) is 5.09. The number of benzene rings is 1. The molecule has 3 nitrogen and oxygen atoms in total. The maximum atomic E-state index is 11.4. The molecule has 1 aromatic carbocycles. The molecule has 0 fully saturated rings. The Bertz CT molecular complexity index is 447. The summed E-state index contributed by atoms with van der Waals surface area (Å²) in [5, 5.41) is 4.85. The van der Waals surface area contributed by atoms with Crippen LogP contribution >= 0.6 is 23.2 Å². The Balaban J connectivity index is 2.32. The van der Waals surface area contributed by atoms with Crippen molar-refractivity contribution in [3.05, 3.63) is 33.8 Å². The highest BCUT2D eigenvalue weighted by atomic mass is 35.5. The Morgan fingerprint density at radius 1 is 1.26 bits per heavy atom.